The molecule has 1 unspecified atom stereocenters. The summed E-state index contributed by atoms with van der Waals surface area (Å²) in [7, 11) is 0. The van der Waals surface area contributed by atoms with Crippen LogP contribution in [0.5, 0.6) is 11.5 Å². The van der Waals surface area contributed by atoms with Crippen molar-refractivity contribution in [3.63, 3.8) is 0 Å². The first-order chi connectivity index (χ1) is 20.8. The summed E-state index contributed by atoms with van der Waals surface area (Å²) in [5, 5.41) is 2.62. The number of alkyl carbamates (subject to hydrolysis) is 1. The Kier molecular flexibility index (Phi) is 11.6. The van der Waals surface area contributed by atoms with Crippen LogP contribution in [0.4, 0.5) is 4.79 Å². The summed E-state index contributed by atoms with van der Waals surface area (Å²) in [6.45, 7) is 17.8. The normalized spacial score (nSPS) is 18.1. The maximum Gasteiger partial charge on any atom is 0.408 e. The second kappa shape index (κ2) is 14.6. The van der Waals surface area contributed by atoms with Crippen LogP contribution < -0.4 is 14.8 Å². The molecule has 0 bridgehead atoms. The molecule has 2 aromatic rings. The van der Waals surface area contributed by atoms with Crippen molar-refractivity contribution in [3.8, 4) is 11.5 Å². The van der Waals surface area contributed by atoms with E-state index in [9.17, 15) is 14.4 Å². The van der Waals surface area contributed by atoms with E-state index in [0.717, 1.165) is 35.5 Å². The fraction of sp³-hybridized carbons (Fsp3) is 0.583. The molecule has 248 valence electrons. The molecule has 2 atom stereocenters. The van der Waals surface area contributed by atoms with Crippen molar-refractivity contribution in [1.29, 1.82) is 0 Å². The zero-order chi connectivity index (χ0) is 33.6. The minimum absolute atomic E-state index is 0.0360. The van der Waals surface area contributed by atoms with Gasteiger partial charge >= 0.3 is 18.0 Å². The lowest BCUT2D eigenvalue weighted by molar-refractivity contribution is -0.162. The van der Waals surface area contributed by atoms with E-state index < -0.39 is 46.8 Å². The molecular weight excluding hydrogens is 574 g/mol. The van der Waals surface area contributed by atoms with Crippen molar-refractivity contribution in [2.24, 2.45) is 5.92 Å². The number of ether oxygens (including phenoxy) is 5. The molecule has 45 heavy (non-hydrogen) atoms. The molecule has 2 aromatic carbocycles. The summed E-state index contributed by atoms with van der Waals surface area (Å²) < 4.78 is 29.0. The lowest BCUT2D eigenvalue weighted by Crippen LogP contribution is -2.48. The number of hydrogen-bond acceptors (Lipinski definition) is 8. The number of amides is 1. The molecule has 1 aliphatic rings. The highest BCUT2D eigenvalue weighted by atomic mass is 16.6. The second-order valence-electron chi connectivity index (χ2n) is 14.8. The van der Waals surface area contributed by atoms with Gasteiger partial charge in [-0.15, -0.1) is 0 Å². The Morgan fingerprint density at radius 1 is 0.733 bits per heavy atom. The third kappa shape index (κ3) is 12.6. The number of para-hydroxylation sites is 1. The van der Waals surface area contributed by atoms with Crippen LogP contribution in [0.1, 0.15) is 92.7 Å². The number of benzene rings is 2. The Hall–Kier alpha value is -3.75. The molecule has 3 rings (SSSR count). The van der Waals surface area contributed by atoms with Gasteiger partial charge in [-0.25, -0.2) is 9.59 Å². The summed E-state index contributed by atoms with van der Waals surface area (Å²) in [5.74, 6) is -0.257. The maximum absolute atomic E-state index is 13.4. The molecule has 1 aliphatic carbocycles. The summed E-state index contributed by atoms with van der Waals surface area (Å²) in [5.41, 5.74) is -0.343. The first-order valence-corrected chi connectivity index (χ1v) is 15.7. The first-order valence-electron chi connectivity index (χ1n) is 15.7. The van der Waals surface area contributed by atoms with Crippen LogP contribution >= 0.6 is 0 Å². The van der Waals surface area contributed by atoms with Crippen LogP contribution in [0.15, 0.2) is 48.5 Å². The lowest BCUT2D eigenvalue weighted by atomic mass is 9.91. The molecule has 1 amide bonds. The Morgan fingerprint density at radius 2 is 1.27 bits per heavy atom. The van der Waals surface area contributed by atoms with Gasteiger partial charge in [0.1, 0.15) is 46.6 Å². The van der Waals surface area contributed by atoms with Gasteiger partial charge in [0.15, 0.2) is 0 Å². The van der Waals surface area contributed by atoms with Gasteiger partial charge in [-0.1, -0.05) is 30.3 Å². The van der Waals surface area contributed by atoms with Gasteiger partial charge in [-0.05, 0) is 111 Å². The first kappa shape index (κ1) is 35.7. The third-order valence-electron chi connectivity index (χ3n) is 6.79. The van der Waals surface area contributed by atoms with Crippen LogP contribution in [-0.2, 0) is 30.2 Å². The van der Waals surface area contributed by atoms with Gasteiger partial charge in [0.05, 0.1) is 5.92 Å². The molecule has 0 spiro atoms. The number of aryl methyl sites for hydroxylation is 1. The van der Waals surface area contributed by atoms with Crippen molar-refractivity contribution < 1.29 is 38.1 Å². The van der Waals surface area contributed by atoms with E-state index in [4.69, 9.17) is 23.7 Å². The predicted molar refractivity (Wildman–Crippen MR) is 172 cm³/mol. The molecule has 9 heteroatoms. The molecule has 9 nitrogen and oxygen atoms in total. The highest BCUT2D eigenvalue weighted by Crippen LogP contribution is 2.31. The summed E-state index contributed by atoms with van der Waals surface area (Å²) >= 11 is 0. The molecule has 1 saturated carbocycles. The standard InChI is InChI=1S/C36H51NO8/c1-23-13-11-12-14-30(23)42-28-21-27(22-28)41-26-17-15-24(16-18-26)19-25(31(38)43-34(2,3)4)20-29(32(39)44-35(5,6)7)37-33(40)45-36(8,9)10/h11-18,25,27-29H,19-22H2,1-10H3,(H,37,40)/t25?,27?,28?,29-/m0/s1. The highest BCUT2D eigenvalue weighted by molar-refractivity contribution is 5.83. The topological polar surface area (TPSA) is 109 Å². The van der Waals surface area contributed by atoms with Crippen molar-refractivity contribution >= 4 is 18.0 Å². The monoisotopic (exact) mass is 625 g/mol. The smallest absolute Gasteiger partial charge is 0.408 e. The largest absolute Gasteiger partial charge is 0.490 e. The van der Waals surface area contributed by atoms with Gasteiger partial charge in [-0.2, -0.15) is 0 Å². The minimum atomic E-state index is -1.13. The van der Waals surface area contributed by atoms with Crippen molar-refractivity contribution in [1.82, 2.24) is 5.32 Å². The predicted octanol–water partition coefficient (Wildman–Crippen LogP) is 7.11. The third-order valence-corrected chi connectivity index (χ3v) is 6.79. The maximum atomic E-state index is 13.4. The average molecular weight is 626 g/mol. The Labute approximate surface area is 268 Å². The number of carbonyl (C=O) groups excluding carboxylic acids is 3. The van der Waals surface area contributed by atoms with Gasteiger partial charge < -0.3 is 29.0 Å². The highest BCUT2D eigenvalue weighted by Gasteiger charge is 2.36. The zero-order valence-corrected chi connectivity index (χ0v) is 28.5. The van der Waals surface area contributed by atoms with Gasteiger partial charge in [0.25, 0.3) is 0 Å². The Morgan fingerprint density at radius 3 is 1.82 bits per heavy atom. The average Bonchev–Trinajstić information content (AvgIpc) is 2.85. The van der Waals surface area contributed by atoms with Crippen LogP contribution in [0.25, 0.3) is 0 Å². The molecule has 0 aromatic heterocycles. The quantitative estimate of drug-likeness (QED) is 0.208. The van der Waals surface area contributed by atoms with E-state index in [1.807, 2.05) is 55.5 Å². The van der Waals surface area contributed by atoms with Gasteiger partial charge in [0.2, 0.25) is 0 Å². The zero-order valence-electron chi connectivity index (χ0n) is 28.5. The van der Waals surface area contributed by atoms with Crippen molar-refractivity contribution in [3.05, 3.63) is 59.7 Å². The fourth-order valence-electron chi connectivity index (χ4n) is 4.73. The van der Waals surface area contributed by atoms with E-state index in [1.165, 1.54) is 0 Å². The summed E-state index contributed by atoms with van der Waals surface area (Å²) in [6.07, 6.45) is 1.25. The molecule has 0 saturated heterocycles. The lowest BCUT2D eigenvalue weighted by Gasteiger charge is -2.35. The second-order valence-corrected chi connectivity index (χ2v) is 14.8. The van der Waals surface area contributed by atoms with E-state index in [1.54, 1.807) is 62.3 Å². The molecule has 0 aliphatic heterocycles. The molecule has 1 N–H and O–H groups in total. The van der Waals surface area contributed by atoms with Gasteiger partial charge in [-0.3, -0.25) is 4.79 Å². The van der Waals surface area contributed by atoms with E-state index in [0.29, 0.717) is 0 Å². The van der Waals surface area contributed by atoms with Crippen LogP contribution in [0, 0.1) is 12.8 Å². The SMILES string of the molecule is Cc1ccccc1OC1CC(Oc2ccc(CC(C[C@H](NC(=O)OC(C)(C)C)C(=O)OC(C)(C)C)C(=O)OC(C)(C)C)cc2)C1. The number of esters is 2. The van der Waals surface area contributed by atoms with Crippen molar-refractivity contribution in [2.45, 2.75) is 130 Å². The number of nitrogens with one attached hydrogen (secondary N) is 1. The molecule has 0 heterocycles. The molecular formula is C36H51NO8. The Bertz CT molecular complexity index is 1290. The molecule has 1 fully saturated rings. The molecule has 0 radical (unpaired) electrons. The fourth-order valence-corrected chi connectivity index (χ4v) is 4.73. The number of rotatable bonds is 11. The van der Waals surface area contributed by atoms with Crippen LogP contribution in [0.3, 0.4) is 0 Å². The van der Waals surface area contributed by atoms with E-state index >= 15 is 0 Å². The van der Waals surface area contributed by atoms with E-state index in [-0.39, 0.29) is 25.0 Å². The van der Waals surface area contributed by atoms with Crippen LogP contribution in [-0.4, -0.2) is 53.1 Å². The minimum Gasteiger partial charge on any atom is -0.490 e. The van der Waals surface area contributed by atoms with Gasteiger partial charge in [0, 0.05) is 12.8 Å². The van der Waals surface area contributed by atoms with E-state index in [2.05, 4.69) is 5.32 Å². The number of carbonyl (C=O) groups is 3. The Balaban J connectivity index is 1.69. The summed E-state index contributed by atoms with van der Waals surface area (Å²) in [4.78, 5) is 39.3. The van der Waals surface area contributed by atoms with Crippen LogP contribution in [0.2, 0.25) is 0 Å². The number of hydrogen-bond donors (Lipinski definition) is 1. The van der Waals surface area contributed by atoms with Crippen molar-refractivity contribution in [2.75, 3.05) is 0 Å². The summed E-state index contributed by atoms with van der Waals surface area (Å²) in [6, 6.07) is 14.4.